The third-order valence-corrected chi connectivity index (χ3v) is 6.13. The lowest BCUT2D eigenvalue weighted by molar-refractivity contribution is -0.140. The van der Waals surface area contributed by atoms with Crippen molar-refractivity contribution >= 4 is 28.3 Å². The van der Waals surface area contributed by atoms with Crippen molar-refractivity contribution in [3.63, 3.8) is 0 Å². The number of thiazole rings is 1. The predicted octanol–water partition coefficient (Wildman–Crippen LogP) is 2.64. The van der Waals surface area contributed by atoms with Crippen molar-refractivity contribution in [1.82, 2.24) is 24.8 Å². The van der Waals surface area contributed by atoms with Gasteiger partial charge >= 0.3 is 0 Å². The number of hydrogen-bond donors (Lipinski definition) is 1. The Morgan fingerprint density at radius 1 is 1.19 bits per heavy atom. The standard InChI is InChI=1S/C19H21N5OS/c25-19-13-5-6-15(24(19)8-14-11-26-12-20-14)9-23(7-13)10-18-21-16-3-1-2-4-17(16)22-18/h1-4,11-13,15H,5-10H2,(H,21,22). The lowest BCUT2D eigenvalue weighted by Gasteiger charge is -2.35. The number of para-hydroxylation sites is 2. The minimum Gasteiger partial charge on any atom is -0.341 e. The molecule has 0 saturated carbocycles. The minimum absolute atomic E-state index is 0.0942. The number of fused-ring (bicyclic) bond motifs is 5. The van der Waals surface area contributed by atoms with E-state index >= 15 is 0 Å². The maximum Gasteiger partial charge on any atom is 0.227 e. The first kappa shape index (κ1) is 16.0. The fourth-order valence-electron chi connectivity index (χ4n) is 4.25. The van der Waals surface area contributed by atoms with Gasteiger partial charge in [0.2, 0.25) is 5.91 Å². The van der Waals surface area contributed by atoms with Crippen LogP contribution in [0.2, 0.25) is 0 Å². The Labute approximate surface area is 155 Å². The fraction of sp³-hybridized carbons (Fsp3) is 0.421. The maximum absolute atomic E-state index is 12.9. The van der Waals surface area contributed by atoms with E-state index in [1.807, 2.05) is 29.1 Å². The topological polar surface area (TPSA) is 65.1 Å². The number of nitrogens with zero attached hydrogens (tertiary/aromatic N) is 4. The molecule has 0 spiro atoms. The van der Waals surface area contributed by atoms with Crippen LogP contribution < -0.4 is 0 Å². The molecule has 0 aliphatic carbocycles. The zero-order valence-electron chi connectivity index (χ0n) is 14.5. The summed E-state index contributed by atoms with van der Waals surface area (Å²) in [5.41, 5.74) is 4.91. The number of imidazole rings is 1. The van der Waals surface area contributed by atoms with Crippen LogP contribution in [0, 0.1) is 5.92 Å². The highest BCUT2D eigenvalue weighted by molar-refractivity contribution is 7.07. The summed E-state index contributed by atoms with van der Waals surface area (Å²) in [6.07, 6.45) is 2.07. The molecule has 1 amide bonds. The summed E-state index contributed by atoms with van der Waals surface area (Å²) in [5, 5.41) is 2.04. The number of hydrogen-bond acceptors (Lipinski definition) is 5. The van der Waals surface area contributed by atoms with Crippen molar-refractivity contribution < 1.29 is 4.79 Å². The summed E-state index contributed by atoms with van der Waals surface area (Å²) in [4.78, 5) is 29.8. The molecule has 0 radical (unpaired) electrons. The lowest BCUT2D eigenvalue weighted by Crippen LogP contribution is -2.47. The van der Waals surface area contributed by atoms with E-state index in [1.165, 1.54) is 0 Å². The Bertz CT molecular complexity index is 888. The lowest BCUT2D eigenvalue weighted by atomic mass is 9.94. The summed E-state index contributed by atoms with van der Waals surface area (Å²) >= 11 is 1.59. The van der Waals surface area contributed by atoms with E-state index in [1.54, 1.807) is 11.3 Å². The second-order valence-corrected chi connectivity index (χ2v) is 7.99. The molecule has 5 heterocycles. The van der Waals surface area contributed by atoms with Crippen LogP contribution in [0.4, 0.5) is 0 Å². The van der Waals surface area contributed by atoms with Gasteiger partial charge in [-0.3, -0.25) is 9.69 Å². The molecule has 3 aliphatic rings. The molecule has 2 aromatic heterocycles. The summed E-state index contributed by atoms with van der Waals surface area (Å²) in [5.74, 6) is 1.36. The molecule has 1 N–H and O–H groups in total. The summed E-state index contributed by atoms with van der Waals surface area (Å²) < 4.78 is 0. The minimum atomic E-state index is 0.0942. The average molecular weight is 367 g/mol. The summed E-state index contributed by atoms with van der Waals surface area (Å²) in [7, 11) is 0. The number of rotatable bonds is 4. The van der Waals surface area contributed by atoms with Gasteiger partial charge in [-0.25, -0.2) is 9.97 Å². The van der Waals surface area contributed by atoms with Crippen molar-refractivity contribution in [1.29, 1.82) is 0 Å². The molecule has 2 bridgehead atoms. The number of nitrogens with one attached hydrogen (secondary N) is 1. The second-order valence-electron chi connectivity index (χ2n) is 7.27. The first-order valence-electron chi connectivity index (χ1n) is 9.10. The maximum atomic E-state index is 12.9. The smallest absolute Gasteiger partial charge is 0.227 e. The van der Waals surface area contributed by atoms with E-state index in [-0.39, 0.29) is 12.0 Å². The molecule has 26 heavy (non-hydrogen) atoms. The van der Waals surface area contributed by atoms with Crippen LogP contribution in [0.1, 0.15) is 24.4 Å². The van der Waals surface area contributed by atoms with Crippen LogP contribution in [0.15, 0.2) is 35.2 Å². The molecule has 3 saturated heterocycles. The first-order chi connectivity index (χ1) is 12.8. The Morgan fingerprint density at radius 2 is 2.12 bits per heavy atom. The molecule has 134 valence electrons. The molecule has 3 fully saturated rings. The van der Waals surface area contributed by atoms with E-state index in [2.05, 4.69) is 25.8 Å². The predicted molar refractivity (Wildman–Crippen MR) is 101 cm³/mol. The Balaban J connectivity index is 1.35. The Kier molecular flexibility index (Phi) is 3.98. The van der Waals surface area contributed by atoms with E-state index in [0.29, 0.717) is 12.5 Å². The highest BCUT2D eigenvalue weighted by Gasteiger charge is 2.40. The highest BCUT2D eigenvalue weighted by Crippen LogP contribution is 2.31. The van der Waals surface area contributed by atoms with Gasteiger partial charge in [0.15, 0.2) is 0 Å². The summed E-state index contributed by atoms with van der Waals surface area (Å²) in [6, 6.07) is 8.38. The first-order valence-corrected chi connectivity index (χ1v) is 10.0. The summed E-state index contributed by atoms with van der Waals surface area (Å²) in [6.45, 7) is 3.13. The molecule has 1 aromatic carbocycles. The van der Waals surface area contributed by atoms with Gasteiger partial charge in [-0.15, -0.1) is 11.3 Å². The van der Waals surface area contributed by atoms with Crippen LogP contribution in [-0.4, -0.2) is 49.8 Å². The van der Waals surface area contributed by atoms with Gasteiger partial charge in [-0.2, -0.15) is 0 Å². The van der Waals surface area contributed by atoms with E-state index in [0.717, 1.165) is 55.0 Å². The number of piperidine rings is 1. The molecular weight excluding hydrogens is 346 g/mol. The van der Waals surface area contributed by atoms with Crippen LogP contribution in [0.5, 0.6) is 0 Å². The van der Waals surface area contributed by atoms with E-state index < -0.39 is 0 Å². The second kappa shape index (κ2) is 6.48. The van der Waals surface area contributed by atoms with Gasteiger partial charge in [-0.05, 0) is 25.0 Å². The number of carbonyl (C=O) groups excluding carboxylic acids is 1. The molecule has 3 aliphatic heterocycles. The highest BCUT2D eigenvalue weighted by atomic mass is 32.1. The van der Waals surface area contributed by atoms with Gasteiger partial charge < -0.3 is 9.88 Å². The molecule has 7 heteroatoms. The zero-order chi connectivity index (χ0) is 17.5. The van der Waals surface area contributed by atoms with Crippen molar-refractivity contribution in [2.45, 2.75) is 32.0 Å². The number of aromatic nitrogens is 3. The fourth-order valence-corrected chi connectivity index (χ4v) is 4.80. The number of benzene rings is 1. The van der Waals surface area contributed by atoms with Crippen LogP contribution >= 0.6 is 11.3 Å². The van der Waals surface area contributed by atoms with Crippen molar-refractivity contribution in [3.05, 3.63) is 46.7 Å². The van der Waals surface area contributed by atoms with Gasteiger partial charge in [0.25, 0.3) is 0 Å². The van der Waals surface area contributed by atoms with Gasteiger partial charge in [-0.1, -0.05) is 12.1 Å². The molecule has 6 rings (SSSR count). The third kappa shape index (κ3) is 2.91. The normalized spacial score (nSPS) is 23.7. The van der Waals surface area contributed by atoms with Gasteiger partial charge in [0.1, 0.15) is 5.82 Å². The van der Waals surface area contributed by atoms with Crippen molar-refractivity contribution in [2.75, 3.05) is 13.1 Å². The van der Waals surface area contributed by atoms with Crippen molar-refractivity contribution in [2.24, 2.45) is 5.92 Å². The van der Waals surface area contributed by atoms with E-state index in [9.17, 15) is 4.79 Å². The zero-order valence-corrected chi connectivity index (χ0v) is 15.3. The Morgan fingerprint density at radius 3 is 2.96 bits per heavy atom. The van der Waals surface area contributed by atoms with Crippen molar-refractivity contribution in [3.8, 4) is 0 Å². The molecule has 3 aromatic rings. The average Bonchev–Trinajstić information content (AvgIpc) is 3.22. The number of aromatic amines is 1. The monoisotopic (exact) mass is 367 g/mol. The number of H-pyrrole nitrogens is 1. The third-order valence-electron chi connectivity index (χ3n) is 5.50. The molecular formula is C19H21N5OS. The quantitative estimate of drug-likeness (QED) is 0.770. The van der Waals surface area contributed by atoms with Gasteiger partial charge in [0, 0.05) is 24.5 Å². The SMILES string of the molecule is O=C1C2CCC(CN(Cc3nc4ccccc4[nH]3)C2)N1Cc1cscn1. The molecule has 2 unspecified atom stereocenters. The van der Waals surface area contributed by atoms with Gasteiger partial charge in [0.05, 0.1) is 41.2 Å². The van der Waals surface area contributed by atoms with Crippen LogP contribution in [0.3, 0.4) is 0 Å². The molecule has 2 atom stereocenters. The van der Waals surface area contributed by atoms with E-state index in [4.69, 9.17) is 4.98 Å². The largest absolute Gasteiger partial charge is 0.341 e. The molecule has 6 nitrogen and oxygen atoms in total. The number of amides is 1. The Hall–Kier alpha value is -2.25. The number of carbonyl (C=O) groups is 1. The van der Waals surface area contributed by atoms with Crippen LogP contribution in [0.25, 0.3) is 11.0 Å². The van der Waals surface area contributed by atoms with Crippen LogP contribution in [-0.2, 0) is 17.9 Å².